The molecule has 4 nitrogen and oxygen atoms in total. The molecule has 0 aliphatic carbocycles. The zero-order valence-corrected chi connectivity index (χ0v) is 16.0. The third kappa shape index (κ3) is 3.35. The minimum Gasteiger partial charge on any atom is -0.493 e. The highest BCUT2D eigenvalue weighted by atomic mass is 35.5. The van der Waals surface area contributed by atoms with Crippen LogP contribution >= 0.6 is 11.6 Å². The minimum atomic E-state index is 0.733. The maximum atomic E-state index is 6.12. The summed E-state index contributed by atoms with van der Waals surface area (Å²) in [6.07, 6.45) is 2.92. The quantitative estimate of drug-likeness (QED) is 0.683. The summed E-state index contributed by atoms with van der Waals surface area (Å²) in [4.78, 5) is 9.46. The third-order valence-corrected chi connectivity index (χ3v) is 5.79. The van der Waals surface area contributed by atoms with Gasteiger partial charge in [0.2, 0.25) is 0 Å². The average Bonchev–Trinajstić information content (AvgIpc) is 3.16. The molecule has 2 aromatic carbocycles. The fourth-order valence-corrected chi connectivity index (χ4v) is 4.29. The molecule has 0 unspecified atom stereocenters. The summed E-state index contributed by atoms with van der Waals surface area (Å²) in [6, 6.07) is 14.7. The van der Waals surface area contributed by atoms with Crippen LogP contribution < -0.4 is 9.64 Å². The topological polar surface area (TPSA) is 28.6 Å². The van der Waals surface area contributed by atoms with E-state index in [9.17, 15) is 0 Å². The van der Waals surface area contributed by atoms with E-state index >= 15 is 0 Å². The molecule has 1 saturated heterocycles. The van der Waals surface area contributed by atoms with Crippen LogP contribution in [0, 0.1) is 0 Å². The molecule has 2 aliphatic rings. The van der Waals surface area contributed by atoms with Gasteiger partial charge < -0.3 is 9.64 Å². The summed E-state index contributed by atoms with van der Waals surface area (Å²) in [7, 11) is 0. The van der Waals surface area contributed by atoms with Crippen molar-refractivity contribution in [2.75, 3.05) is 37.7 Å². The Kier molecular flexibility index (Phi) is 4.38. The highest BCUT2D eigenvalue weighted by Gasteiger charge is 2.20. The maximum absolute atomic E-state index is 6.12. The Morgan fingerprint density at radius 3 is 2.78 bits per heavy atom. The molecule has 1 aromatic heterocycles. The molecule has 5 rings (SSSR count). The summed E-state index contributed by atoms with van der Waals surface area (Å²) in [6.45, 7) is 6.00. The van der Waals surface area contributed by atoms with E-state index in [1.807, 2.05) is 18.3 Å². The third-order valence-electron chi connectivity index (χ3n) is 5.55. The number of ether oxygens (including phenoxy) is 1. The van der Waals surface area contributed by atoms with Crippen LogP contribution in [0.3, 0.4) is 0 Å². The van der Waals surface area contributed by atoms with Crippen LogP contribution in [-0.4, -0.2) is 42.7 Å². The summed E-state index contributed by atoms with van der Waals surface area (Å²) in [5.41, 5.74) is 4.96. The Morgan fingerprint density at radius 1 is 1.00 bits per heavy atom. The molecule has 1 fully saturated rings. The van der Waals surface area contributed by atoms with Gasteiger partial charge in [-0.3, -0.25) is 9.88 Å². The van der Waals surface area contributed by atoms with Crippen LogP contribution in [0.4, 0.5) is 5.69 Å². The lowest BCUT2D eigenvalue weighted by Crippen LogP contribution is -2.46. The fraction of sp³-hybridized carbons (Fsp3) is 0.318. The van der Waals surface area contributed by atoms with Gasteiger partial charge in [0.05, 0.1) is 12.1 Å². The molecular weight excluding hydrogens is 358 g/mol. The number of piperazine rings is 1. The van der Waals surface area contributed by atoms with Crippen LogP contribution in [0.15, 0.2) is 48.7 Å². The van der Waals surface area contributed by atoms with Gasteiger partial charge in [-0.25, -0.2) is 0 Å². The number of pyridine rings is 1. The number of hydrogen-bond donors (Lipinski definition) is 0. The lowest BCUT2D eigenvalue weighted by atomic mass is 10.1. The summed E-state index contributed by atoms with van der Waals surface area (Å²) in [5, 5.41) is 1.91. The maximum Gasteiger partial charge on any atom is 0.122 e. The van der Waals surface area contributed by atoms with Crippen molar-refractivity contribution in [1.29, 1.82) is 0 Å². The van der Waals surface area contributed by atoms with Crippen LogP contribution in [0.1, 0.15) is 11.1 Å². The summed E-state index contributed by atoms with van der Waals surface area (Å²) in [5.74, 6) is 1.06. The number of anilines is 1. The number of halogens is 1. The lowest BCUT2D eigenvalue weighted by molar-refractivity contribution is 0.250. The van der Waals surface area contributed by atoms with E-state index in [2.05, 4.69) is 45.1 Å². The Bertz CT molecular complexity index is 982. The number of rotatable bonds is 3. The molecule has 3 heterocycles. The van der Waals surface area contributed by atoms with Crippen LogP contribution in [0.2, 0.25) is 5.02 Å². The molecule has 0 bridgehead atoms. The molecule has 0 atom stereocenters. The zero-order chi connectivity index (χ0) is 18.2. The normalized spacial score (nSPS) is 17.1. The van der Waals surface area contributed by atoms with Gasteiger partial charge in [0.1, 0.15) is 5.75 Å². The fourth-order valence-electron chi connectivity index (χ4n) is 4.13. The van der Waals surface area contributed by atoms with Crippen molar-refractivity contribution in [3.8, 4) is 5.75 Å². The Hall–Kier alpha value is -2.30. The van der Waals surface area contributed by atoms with Crippen LogP contribution in [0.25, 0.3) is 10.9 Å². The Labute approximate surface area is 164 Å². The van der Waals surface area contributed by atoms with Gasteiger partial charge in [0, 0.05) is 61.4 Å². The lowest BCUT2D eigenvalue weighted by Gasteiger charge is -2.36. The predicted octanol–water partition coefficient (Wildman–Crippen LogP) is 4.15. The van der Waals surface area contributed by atoms with Crippen molar-refractivity contribution < 1.29 is 4.74 Å². The van der Waals surface area contributed by atoms with E-state index in [4.69, 9.17) is 16.3 Å². The predicted molar refractivity (Wildman–Crippen MR) is 110 cm³/mol. The largest absolute Gasteiger partial charge is 0.493 e. The Balaban J connectivity index is 1.28. The van der Waals surface area contributed by atoms with Gasteiger partial charge in [-0.1, -0.05) is 23.7 Å². The standard InChI is InChI=1S/C22H22ClN3O/c23-18-2-3-19-20(14-18)24-7-5-21(19)26-10-8-25(9-11-26)15-16-1-4-22-17(13-16)6-12-27-22/h1-5,7,13-14H,6,8-12,15H2. The molecule has 0 amide bonds. The molecule has 0 radical (unpaired) electrons. The van der Waals surface area contributed by atoms with Crippen LogP contribution in [-0.2, 0) is 13.0 Å². The number of nitrogens with zero attached hydrogens (tertiary/aromatic N) is 3. The smallest absolute Gasteiger partial charge is 0.122 e. The number of fused-ring (bicyclic) bond motifs is 2. The molecule has 5 heteroatoms. The van der Waals surface area contributed by atoms with Crippen LogP contribution in [0.5, 0.6) is 5.75 Å². The van der Waals surface area contributed by atoms with E-state index in [-0.39, 0.29) is 0 Å². The van der Waals surface area contributed by atoms with Crippen molar-refractivity contribution >= 4 is 28.2 Å². The Morgan fingerprint density at radius 2 is 1.89 bits per heavy atom. The van der Waals surface area contributed by atoms with Gasteiger partial charge in [0.15, 0.2) is 0 Å². The minimum absolute atomic E-state index is 0.733. The molecule has 0 spiro atoms. The second-order valence-electron chi connectivity index (χ2n) is 7.30. The van der Waals surface area contributed by atoms with E-state index in [0.717, 1.165) is 62.0 Å². The first-order valence-electron chi connectivity index (χ1n) is 9.52. The van der Waals surface area contributed by atoms with Gasteiger partial charge in [-0.05, 0) is 41.5 Å². The molecule has 0 saturated carbocycles. The zero-order valence-electron chi connectivity index (χ0n) is 15.2. The first-order valence-corrected chi connectivity index (χ1v) is 9.90. The van der Waals surface area contributed by atoms with Crippen molar-refractivity contribution in [1.82, 2.24) is 9.88 Å². The van der Waals surface area contributed by atoms with Gasteiger partial charge in [0.25, 0.3) is 0 Å². The number of aromatic nitrogens is 1. The second kappa shape index (κ2) is 7.02. The van der Waals surface area contributed by atoms with Gasteiger partial charge in [-0.2, -0.15) is 0 Å². The first kappa shape index (κ1) is 16.8. The average molecular weight is 380 g/mol. The monoisotopic (exact) mass is 379 g/mol. The molecule has 0 N–H and O–H groups in total. The highest BCUT2D eigenvalue weighted by molar-refractivity contribution is 6.31. The molecular formula is C22H22ClN3O. The van der Waals surface area contributed by atoms with Crippen molar-refractivity contribution in [3.63, 3.8) is 0 Å². The molecule has 27 heavy (non-hydrogen) atoms. The number of hydrogen-bond acceptors (Lipinski definition) is 4. The SMILES string of the molecule is Clc1ccc2c(N3CCN(Cc4ccc5c(c4)CCO5)CC3)ccnc2c1. The van der Waals surface area contributed by atoms with Crippen molar-refractivity contribution in [3.05, 3.63) is 64.8 Å². The molecule has 138 valence electrons. The van der Waals surface area contributed by atoms with Gasteiger partial charge >= 0.3 is 0 Å². The molecule has 2 aliphatic heterocycles. The van der Waals surface area contributed by atoms with E-state index in [1.54, 1.807) is 0 Å². The van der Waals surface area contributed by atoms with Gasteiger partial charge in [-0.15, -0.1) is 0 Å². The first-order chi connectivity index (χ1) is 13.3. The van der Waals surface area contributed by atoms with Crippen molar-refractivity contribution in [2.45, 2.75) is 13.0 Å². The van der Waals surface area contributed by atoms with Crippen molar-refractivity contribution in [2.24, 2.45) is 0 Å². The molecule has 3 aromatic rings. The van der Waals surface area contributed by atoms with E-state index in [1.165, 1.54) is 22.2 Å². The van der Waals surface area contributed by atoms with E-state index < -0.39 is 0 Å². The number of benzene rings is 2. The second-order valence-corrected chi connectivity index (χ2v) is 7.73. The summed E-state index contributed by atoms with van der Waals surface area (Å²) >= 11 is 6.12. The highest BCUT2D eigenvalue weighted by Crippen LogP contribution is 2.29. The van der Waals surface area contributed by atoms with E-state index in [0.29, 0.717) is 0 Å². The summed E-state index contributed by atoms with van der Waals surface area (Å²) < 4.78 is 5.62.